The average molecular weight is 455 g/mol. The molecule has 1 aromatic heterocycles. The molecule has 1 aromatic carbocycles. The van der Waals surface area contributed by atoms with E-state index in [4.69, 9.17) is 0 Å². The standard InChI is InChI=1S/C24H27FN4O4/c1-14-9-10-28(17-3-2-4-17)19-13-27-12-18(21(30)22(31)20(27)24(33)29(14)19)23(32)26-11-15-5-7-16(25)8-6-15/h5-8,12,14,17,19,31H,2-4,9-11,13H2,1H3,(H,26,32). The van der Waals surface area contributed by atoms with Crippen molar-refractivity contribution in [3.8, 4) is 5.75 Å². The SMILES string of the molecule is CC1CCN(C2CCC2)C2Cn3cc(C(=O)NCc4ccc(F)cc4)c(=O)c(O)c3C(=O)N12. The Labute approximate surface area is 190 Å². The van der Waals surface area contributed by atoms with E-state index in [-0.39, 0.29) is 41.7 Å². The van der Waals surface area contributed by atoms with Crippen LogP contribution >= 0.6 is 0 Å². The van der Waals surface area contributed by atoms with E-state index in [2.05, 4.69) is 10.2 Å². The van der Waals surface area contributed by atoms with Crippen molar-refractivity contribution in [2.24, 2.45) is 0 Å². The van der Waals surface area contributed by atoms with Gasteiger partial charge in [0.2, 0.25) is 5.43 Å². The Morgan fingerprint density at radius 2 is 1.91 bits per heavy atom. The van der Waals surface area contributed by atoms with Gasteiger partial charge in [-0.25, -0.2) is 4.39 Å². The van der Waals surface area contributed by atoms with Gasteiger partial charge in [0.25, 0.3) is 11.8 Å². The number of hydrogen-bond donors (Lipinski definition) is 2. The molecule has 1 saturated heterocycles. The Morgan fingerprint density at radius 3 is 2.58 bits per heavy atom. The van der Waals surface area contributed by atoms with E-state index in [1.54, 1.807) is 21.6 Å². The first-order valence-corrected chi connectivity index (χ1v) is 11.4. The zero-order chi connectivity index (χ0) is 23.3. The lowest BCUT2D eigenvalue weighted by Crippen LogP contribution is -2.66. The molecule has 3 aliphatic rings. The van der Waals surface area contributed by atoms with Crippen molar-refractivity contribution in [1.82, 2.24) is 19.7 Å². The quantitative estimate of drug-likeness (QED) is 0.738. The molecule has 0 radical (unpaired) electrons. The minimum atomic E-state index is -0.870. The molecular formula is C24H27FN4O4. The highest BCUT2D eigenvalue weighted by atomic mass is 19.1. The lowest BCUT2D eigenvalue weighted by molar-refractivity contribution is -0.0661. The van der Waals surface area contributed by atoms with Gasteiger partial charge in [-0.2, -0.15) is 0 Å². The van der Waals surface area contributed by atoms with Crippen molar-refractivity contribution < 1.29 is 19.1 Å². The van der Waals surface area contributed by atoms with Crippen molar-refractivity contribution in [3.05, 3.63) is 63.3 Å². The first-order chi connectivity index (χ1) is 15.8. The summed E-state index contributed by atoms with van der Waals surface area (Å²) in [5, 5.41) is 13.3. The Morgan fingerprint density at radius 1 is 1.18 bits per heavy atom. The molecule has 1 saturated carbocycles. The van der Waals surface area contributed by atoms with Crippen LogP contribution in [0.2, 0.25) is 0 Å². The number of carbonyl (C=O) groups excluding carboxylic acids is 2. The summed E-state index contributed by atoms with van der Waals surface area (Å²) in [5.74, 6) is -2.11. The van der Waals surface area contributed by atoms with Gasteiger partial charge in [-0.05, 0) is 43.9 Å². The molecule has 33 heavy (non-hydrogen) atoms. The zero-order valence-corrected chi connectivity index (χ0v) is 18.5. The molecule has 0 bridgehead atoms. The number of fused-ring (bicyclic) bond motifs is 2. The van der Waals surface area contributed by atoms with Gasteiger partial charge >= 0.3 is 0 Å². The first-order valence-electron chi connectivity index (χ1n) is 11.4. The largest absolute Gasteiger partial charge is 0.503 e. The predicted molar refractivity (Wildman–Crippen MR) is 118 cm³/mol. The number of nitrogens with zero attached hydrogens (tertiary/aromatic N) is 3. The lowest BCUT2D eigenvalue weighted by atomic mass is 9.89. The van der Waals surface area contributed by atoms with E-state index in [0.29, 0.717) is 18.2 Å². The van der Waals surface area contributed by atoms with Crippen molar-refractivity contribution in [2.45, 2.75) is 63.9 Å². The van der Waals surface area contributed by atoms with Crippen LogP contribution in [-0.2, 0) is 13.1 Å². The highest BCUT2D eigenvalue weighted by Crippen LogP contribution is 2.36. The van der Waals surface area contributed by atoms with E-state index < -0.39 is 17.1 Å². The fourth-order valence-corrected chi connectivity index (χ4v) is 5.11. The third-order valence-corrected chi connectivity index (χ3v) is 7.19. The number of pyridine rings is 1. The number of amides is 2. The maximum atomic E-state index is 13.4. The van der Waals surface area contributed by atoms with Gasteiger partial charge in [0, 0.05) is 31.4 Å². The number of hydrogen-bond acceptors (Lipinski definition) is 5. The molecule has 2 atom stereocenters. The van der Waals surface area contributed by atoms with Crippen molar-refractivity contribution in [1.29, 1.82) is 0 Å². The van der Waals surface area contributed by atoms with Crippen LogP contribution in [-0.4, -0.2) is 56.1 Å². The van der Waals surface area contributed by atoms with Crippen molar-refractivity contribution in [3.63, 3.8) is 0 Å². The monoisotopic (exact) mass is 454 g/mol. The van der Waals surface area contributed by atoms with Gasteiger partial charge < -0.3 is 19.9 Å². The summed E-state index contributed by atoms with van der Waals surface area (Å²) >= 11 is 0. The topological polar surface area (TPSA) is 94.9 Å². The molecular weight excluding hydrogens is 427 g/mol. The van der Waals surface area contributed by atoms with Crippen LogP contribution < -0.4 is 10.7 Å². The summed E-state index contributed by atoms with van der Waals surface area (Å²) in [6, 6.07) is 6.10. The van der Waals surface area contributed by atoms with Crippen LogP contribution in [0, 0.1) is 5.82 Å². The Balaban J connectivity index is 1.45. The molecule has 2 unspecified atom stereocenters. The third-order valence-electron chi connectivity index (χ3n) is 7.19. The van der Waals surface area contributed by atoms with Gasteiger partial charge in [0.05, 0.1) is 6.54 Å². The lowest BCUT2D eigenvalue weighted by Gasteiger charge is -2.54. The van der Waals surface area contributed by atoms with Crippen LogP contribution in [0.1, 0.15) is 59.0 Å². The third kappa shape index (κ3) is 3.70. The van der Waals surface area contributed by atoms with E-state index in [0.717, 1.165) is 25.8 Å². The minimum Gasteiger partial charge on any atom is -0.503 e. The molecule has 9 heteroatoms. The Hall–Kier alpha value is -3.20. The van der Waals surface area contributed by atoms with Crippen LogP contribution in [0.15, 0.2) is 35.3 Å². The molecule has 2 aliphatic heterocycles. The maximum absolute atomic E-state index is 13.4. The molecule has 1 aliphatic carbocycles. The maximum Gasteiger partial charge on any atom is 0.276 e. The van der Waals surface area contributed by atoms with E-state index in [9.17, 15) is 23.9 Å². The number of halogens is 1. The second-order valence-corrected chi connectivity index (χ2v) is 9.18. The number of nitrogens with one attached hydrogen (secondary N) is 1. The number of benzene rings is 1. The normalized spacial score (nSPS) is 23.0. The fraction of sp³-hybridized carbons (Fsp3) is 0.458. The van der Waals surface area contributed by atoms with Crippen molar-refractivity contribution in [2.75, 3.05) is 6.54 Å². The second-order valence-electron chi connectivity index (χ2n) is 9.18. The highest BCUT2D eigenvalue weighted by molar-refractivity contribution is 5.99. The predicted octanol–water partition coefficient (Wildman–Crippen LogP) is 2.05. The van der Waals surface area contributed by atoms with Gasteiger partial charge in [-0.3, -0.25) is 19.3 Å². The number of aromatic nitrogens is 1. The minimum absolute atomic E-state index is 0.000706. The molecule has 2 amide bonds. The number of carbonyl (C=O) groups is 2. The zero-order valence-electron chi connectivity index (χ0n) is 18.5. The van der Waals surface area contributed by atoms with Crippen LogP contribution in [0.25, 0.3) is 0 Å². The molecule has 3 heterocycles. The molecule has 2 fully saturated rings. The molecule has 174 valence electrons. The van der Waals surface area contributed by atoms with Gasteiger partial charge in [-0.1, -0.05) is 18.6 Å². The summed E-state index contributed by atoms with van der Waals surface area (Å²) in [6.07, 6.45) is 5.44. The van der Waals surface area contributed by atoms with Crippen LogP contribution in [0.4, 0.5) is 4.39 Å². The smallest absolute Gasteiger partial charge is 0.276 e. The fourth-order valence-electron chi connectivity index (χ4n) is 5.11. The first kappa shape index (κ1) is 21.6. The van der Waals surface area contributed by atoms with Crippen LogP contribution in [0.5, 0.6) is 5.75 Å². The second kappa shape index (κ2) is 8.30. The molecule has 8 nitrogen and oxygen atoms in total. The van der Waals surface area contributed by atoms with Crippen molar-refractivity contribution >= 4 is 11.8 Å². The van der Waals surface area contributed by atoms with E-state index in [1.165, 1.54) is 24.8 Å². The van der Waals surface area contributed by atoms with Crippen LogP contribution in [0.3, 0.4) is 0 Å². The summed E-state index contributed by atoms with van der Waals surface area (Å²) in [4.78, 5) is 43.1. The van der Waals surface area contributed by atoms with E-state index in [1.807, 2.05) is 6.92 Å². The average Bonchev–Trinajstić information content (AvgIpc) is 2.76. The molecule has 2 N–H and O–H groups in total. The Bertz CT molecular complexity index is 1160. The molecule has 2 aromatic rings. The van der Waals surface area contributed by atoms with Gasteiger partial charge in [0.15, 0.2) is 11.4 Å². The summed E-state index contributed by atoms with van der Waals surface area (Å²) < 4.78 is 14.6. The molecule has 0 spiro atoms. The van der Waals surface area contributed by atoms with E-state index >= 15 is 0 Å². The highest BCUT2D eigenvalue weighted by Gasteiger charge is 2.46. The van der Waals surface area contributed by atoms with Gasteiger partial charge in [-0.15, -0.1) is 0 Å². The number of aromatic hydroxyl groups is 1. The summed E-state index contributed by atoms with van der Waals surface area (Å²) in [7, 11) is 0. The van der Waals surface area contributed by atoms with Gasteiger partial charge in [0.1, 0.15) is 17.5 Å². The number of rotatable bonds is 4. The summed E-state index contributed by atoms with van der Waals surface area (Å²) in [5.41, 5.74) is -0.484. The summed E-state index contributed by atoms with van der Waals surface area (Å²) in [6.45, 7) is 3.37. The Kier molecular flexibility index (Phi) is 5.44. The molecule has 5 rings (SSSR count).